The summed E-state index contributed by atoms with van der Waals surface area (Å²) in [4.78, 5) is 11.8. The van der Waals surface area contributed by atoms with Crippen LogP contribution in [0.2, 0.25) is 0 Å². The van der Waals surface area contributed by atoms with Crippen molar-refractivity contribution in [2.75, 3.05) is 13.2 Å². The van der Waals surface area contributed by atoms with Crippen molar-refractivity contribution in [2.24, 2.45) is 0 Å². The van der Waals surface area contributed by atoms with Crippen LogP contribution in [0.15, 0.2) is 29.2 Å². The molecule has 92 valence electrons. The van der Waals surface area contributed by atoms with Crippen LogP contribution in [0.1, 0.15) is 10.4 Å². The van der Waals surface area contributed by atoms with Crippen LogP contribution >= 0.6 is 0 Å². The molecule has 1 atom stereocenters. The summed E-state index contributed by atoms with van der Waals surface area (Å²) in [6.45, 7) is -1.04. The Kier molecular flexibility index (Phi) is 2.90. The highest BCUT2D eigenvalue weighted by molar-refractivity contribution is 7.90. The van der Waals surface area contributed by atoms with Crippen molar-refractivity contribution in [1.29, 1.82) is 0 Å². The lowest BCUT2D eigenvalue weighted by atomic mass is 10.2. The van der Waals surface area contributed by atoms with E-state index in [-0.39, 0.29) is 10.5 Å². The van der Waals surface area contributed by atoms with Crippen LogP contribution in [-0.2, 0) is 10.0 Å². The molecular weight excluding hydrogens is 246 g/mol. The summed E-state index contributed by atoms with van der Waals surface area (Å²) in [5.74, 6) is -0.673. The minimum Gasteiger partial charge on any atom is -0.394 e. The van der Waals surface area contributed by atoms with Gasteiger partial charge in [-0.2, -0.15) is 0 Å². The topological polar surface area (TPSA) is 94.9 Å². The van der Waals surface area contributed by atoms with Crippen LogP contribution in [0.4, 0.5) is 0 Å². The molecule has 0 spiro atoms. The molecule has 1 aromatic rings. The van der Waals surface area contributed by atoms with Gasteiger partial charge in [0.25, 0.3) is 15.9 Å². The molecule has 0 saturated heterocycles. The third-order valence-electron chi connectivity index (χ3n) is 2.50. The van der Waals surface area contributed by atoms with Crippen molar-refractivity contribution in [2.45, 2.75) is 11.0 Å². The Balaban J connectivity index is 2.44. The van der Waals surface area contributed by atoms with E-state index in [9.17, 15) is 18.3 Å². The molecule has 2 rings (SSSR count). The van der Waals surface area contributed by atoms with Gasteiger partial charge in [0.05, 0.1) is 24.8 Å². The van der Waals surface area contributed by atoms with Crippen LogP contribution in [-0.4, -0.2) is 48.1 Å². The van der Waals surface area contributed by atoms with E-state index in [0.717, 1.165) is 0 Å². The highest BCUT2D eigenvalue weighted by Crippen LogP contribution is 2.29. The van der Waals surface area contributed by atoms with Crippen molar-refractivity contribution < 1.29 is 23.4 Å². The lowest BCUT2D eigenvalue weighted by molar-refractivity contribution is 0.0642. The Labute approximate surface area is 98.2 Å². The summed E-state index contributed by atoms with van der Waals surface area (Å²) in [5, 5.41) is 17.9. The number of carbonyl (C=O) groups is 1. The number of rotatable bonds is 3. The average Bonchev–Trinajstić information content (AvgIpc) is 2.51. The second-order valence-electron chi connectivity index (χ2n) is 3.67. The first-order chi connectivity index (χ1) is 7.98. The Hall–Kier alpha value is -1.44. The zero-order valence-corrected chi connectivity index (χ0v) is 9.59. The summed E-state index contributed by atoms with van der Waals surface area (Å²) >= 11 is 0. The first-order valence-corrected chi connectivity index (χ1v) is 6.37. The molecule has 17 heavy (non-hydrogen) atoms. The minimum absolute atomic E-state index is 0.0601. The van der Waals surface area contributed by atoms with Gasteiger partial charge >= 0.3 is 0 Å². The van der Waals surface area contributed by atoms with Gasteiger partial charge in [-0.25, -0.2) is 12.7 Å². The number of aliphatic hydroxyl groups is 2. The lowest BCUT2D eigenvalue weighted by Crippen LogP contribution is -2.38. The molecule has 1 unspecified atom stereocenters. The highest BCUT2D eigenvalue weighted by atomic mass is 32.2. The molecule has 1 heterocycles. The zero-order chi connectivity index (χ0) is 12.6. The van der Waals surface area contributed by atoms with Gasteiger partial charge in [0, 0.05) is 0 Å². The maximum atomic E-state index is 12.0. The van der Waals surface area contributed by atoms with Gasteiger partial charge in [-0.15, -0.1) is 0 Å². The predicted molar refractivity (Wildman–Crippen MR) is 57.8 cm³/mol. The van der Waals surface area contributed by atoms with Crippen LogP contribution in [0, 0.1) is 0 Å². The fourth-order valence-electron chi connectivity index (χ4n) is 1.66. The van der Waals surface area contributed by atoms with Crippen molar-refractivity contribution in [3.05, 3.63) is 29.8 Å². The van der Waals surface area contributed by atoms with Crippen LogP contribution in [0.25, 0.3) is 0 Å². The monoisotopic (exact) mass is 257 g/mol. The Morgan fingerprint density at radius 1 is 1.29 bits per heavy atom. The van der Waals surface area contributed by atoms with E-state index in [2.05, 4.69) is 0 Å². The van der Waals surface area contributed by atoms with Crippen molar-refractivity contribution in [1.82, 2.24) is 4.31 Å². The van der Waals surface area contributed by atoms with Crippen LogP contribution < -0.4 is 0 Å². The SMILES string of the molecule is O=C1c2ccccc2S(=O)(=O)N1CC(O)CO. The molecule has 0 radical (unpaired) electrons. The van der Waals surface area contributed by atoms with Crippen LogP contribution in [0.5, 0.6) is 0 Å². The second kappa shape index (κ2) is 4.10. The van der Waals surface area contributed by atoms with Crippen molar-refractivity contribution in [3.8, 4) is 0 Å². The maximum Gasteiger partial charge on any atom is 0.269 e. The molecule has 2 N–H and O–H groups in total. The molecule has 0 aromatic heterocycles. The fraction of sp³-hybridized carbons (Fsp3) is 0.300. The number of sulfonamides is 1. The molecule has 1 amide bonds. The summed E-state index contributed by atoms with van der Waals surface area (Å²) in [6, 6.07) is 5.85. The number of fused-ring (bicyclic) bond motifs is 1. The first kappa shape index (κ1) is 12.0. The van der Waals surface area contributed by atoms with E-state index in [1.54, 1.807) is 6.07 Å². The third-order valence-corrected chi connectivity index (χ3v) is 4.31. The number of amides is 1. The van der Waals surface area contributed by atoms with E-state index in [4.69, 9.17) is 5.11 Å². The zero-order valence-electron chi connectivity index (χ0n) is 8.78. The number of hydrogen-bond acceptors (Lipinski definition) is 5. The number of benzene rings is 1. The van der Waals surface area contributed by atoms with Gasteiger partial charge in [-0.1, -0.05) is 12.1 Å². The predicted octanol–water partition coefficient (Wildman–Crippen LogP) is -0.816. The Morgan fingerprint density at radius 2 is 1.94 bits per heavy atom. The number of hydrogen-bond donors (Lipinski definition) is 2. The fourth-order valence-corrected chi connectivity index (χ4v) is 3.27. The van der Waals surface area contributed by atoms with E-state index in [0.29, 0.717) is 4.31 Å². The lowest BCUT2D eigenvalue weighted by Gasteiger charge is -2.17. The number of nitrogens with zero attached hydrogens (tertiary/aromatic N) is 1. The minimum atomic E-state index is -3.89. The van der Waals surface area contributed by atoms with Gasteiger partial charge in [0.2, 0.25) is 0 Å². The van der Waals surface area contributed by atoms with E-state index in [1.165, 1.54) is 18.2 Å². The number of aliphatic hydroxyl groups excluding tert-OH is 2. The van der Waals surface area contributed by atoms with Gasteiger partial charge in [0.15, 0.2) is 0 Å². The molecule has 1 aromatic carbocycles. The molecule has 0 fully saturated rings. The van der Waals surface area contributed by atoms with Crippen molar-refractivity contribution >= 4 is 15.9 Å². The van der Waals surface area contributed by atoms with Crippen molar-refractivity contribution in [3.63, 3.8) is 0 Å². The summed E-state index contributed by atoms with van der Waals surface area (Å²) in [7, 11) is -3.89. The molecule has 6 nitrogen and oxygen atoms in total. The molecule has 0 aliphatic carbocycles. The largest absolute Gasteiger partial charge is 0.394 e. The second-order valence-corrected chi connectivity index (χ2v) is 5.50. The maximum absolute atomic E-state index is 12.0. The number of β-amino-alcohol motifs (C(OH)–C–C–N with tert-alkyl or cyclic N) is 1. The first-order valence-electron chi connectivity index (χ1n) is 4.93. The van der Waals surface area contributed by atoms with Crippen LogP contribution in [0.3, 0.4) is 0 Å². The van der Waals surface area contributed by atoms with Gasteiger partial charge < -0.3 is 10.2 Å². The summed E-state index contributed by atoms with van der Waals surface area (Å²) in [6.07, 6.45) is -1.27. The standard InChI is InChI=1S/C10H11NO5S/c12-6-7(13)5-11-10(14)8-3-1-2-4-9(8)17(11,15)16/h1-4,7,12-13H,5-6H2. The van der Waals surface area contributed by atoms with E-state index >= 15 is 0 Å². The van der Waals surface area contributed by atoms with Gasteiger partial charge in [-0.05, 0) is 12.1 Å². The molecule has 1 aliphatic rings. The van der Waals surface area contributed by atoms with Gasteiger partial charge in [0.1, 0.15) is 4.90 Å². The highest BCUT2D eigenvalue weighted by Gasteiger charge is 2.41. The number of carbonyl (C=O) groups excluding carboxylic acids is 1. The molecule has 7 heteroatoms. The molecule has 0 bridgehead atoms. The smallest absolute Gasteiger partial charge is 0.269 e. The Morgan fingerprint density at radius 3 is 2.53 bits per heavy atom. The van der Waals surface area contributed by atoms with E-state index in [1.807, 2.05) is 0 Å². The average molecular weight is 257 g/mol. The molecular formula is C10H11NO5S. The molecule has 1 aliphatic heterocycles. The third kappa shape index (κ3) is 1.82. The van der Waals surface area contributed by atoms with Gasteiger partial charge in [-0.3, -0.25) is 4.79 Å². The summed E-state index contributed by atoms with van der Waals surface area (Å²) in [5.41, 5.74) is 0.0950. The normalized spacial score (nSPS) is 19.2. The Bertz CT molecular complexity index is 554. The summed E-state index contributed by atoms with van der Waals surface area (Å²) < 4.78 is 24.5. The quantitative estimate of drug-likeness (QED) is 0.738. The molecule has 0 saturated carbocycles. The van der Waals surface area contributed by atoms with E-state index < -0.39 is 35.2 Å².